The van der Waals surface area contributed by atoms with Crippen LogP contribution < -0.4 is 15.7 Å². The summed E-state index contributed by atoms with van der Waals surface area (Å²) in [7, 11) is 0. The fourth-order valence-corrected chi connectivity index (χ4v) is 3.62. The van der Waals surface area contributed by atoms with E-state index in [1.54, 1.807) is 24.3 Å². The minimum Gasteiger partial charge on any atom is -0.462 e. The van der Waals surface area contributed by atoms with Crippen LogP contribution in [0.1, 0.15) is 22.8 Å². The third-order valence-corrected chi connectivity index (χ3v) is 5.13. The van der Waals surface area contributed by atoms with E-state index in [1.165, 1.54) is 0 Å². The number of nitrogens with zero attached hydrogens (tertiary/aromatic N) is 3. The predicted octanol–water partition coefficient (Wildman–Crippen LogP) is 2.20. The molecule has 0 aliphatic carbocycles. The van der Waals surface area contributed by atoms with Crippen molar-refractivity contribution in [3.8, 4) is 0 Å². The molecule has 4 aromatic rings. The Morgan fingerprint density at radius 3 is 2.77 bits per heavy atom. The van der Waals surface area contributed by atoms with Gasteiger partial charge in [0.15, 0.2) is 0 Å². The molecule has 1 aromatic carbocycles. The van der Waals surface area contributed by atoms with E-state index in [-0.39, 0.29) is 22.6 Å². The summed E-state index contributed by atoms with van der Waals surface area (Å²) in [5.41, 5.74) is 0.116. The molecule has 0 saturated carbocycles. The number of hydrogen-bond acceptors (Lipinski definition) is 6. The van der Waals surface area contributed by atoms with E-state index in [1.807, 2.05) is 25.1 Å². The molecule has 0 bridgehead atoms. The summed E-state index contributed by atoms with van der Waals surface area (Å²) in [6.07, 6.45) is 1.83. The molecule has 8 heteroatoms. The van der Waals surface area contributed by atoms with Gasteiger partial charge in [0.25, 0.3) is 11.1 Å². The molecular weight excluding hydrogens is 374 g/mol. The lowest BCUT2D eigenvalue weighted by atomic mass is 10.1. The first-order chi connectivity index (χ1) is 12.5. The van der Waals surface area contributed by atoms with Crippen molar-refractivity contribution in [1.82, 2.24) is 14.6 Å². The maximum absolute atomic E-state index is 12.6. The van der Waals surface area contributed by atoms with Gasteiger partial charge in [0, 0.05) is 17.5 Å². The Balaban J connectivity index is 1.83. The number of halogens is 1. The van der Waals surface area contributed by atoms with Crippen LogP contribution in [-0.2, 0) is 6.42 Å². The lowest BCUT2D eigenvalue weighted by Gasteiger charge is -2.02. The van der Waals surface area contributed by atoms with Gasteiger partial charge in [-0.05, 0) is 30.7 Å². The van der Waals surface area contributed by atoms with Crippen molar-refractivity contribution in [3.05, 3.63) is 89.4 Å². The summed E-state index contributed by atoms with van der Waals surface area (Å²) < 4.78 is 7.01. The molecule has 130 valence electrons. The maximum atomic E-state index is 12.6. The quantitative estimate of drug-likeness (QED) is 0.540. The number of furan rings is 1. The van der Waals surface area contributed by atoms with Crippen molar-refractivity contribution in [2.75, 3.05) is 0 Å². The van der Waals surface area contributed by atoms with Crippen molar-refractivity contribution in [2.24, 2.45) is 0 Å². The van der Waals surface area contributed by atoms with E-state index in [2.05, 4.69) is 10.1 Å². The standard InChI is InChI=1S/C18H12ClN3O3S/c1-10-6-7-12(25-10)9-15-17(24)22-18(26-15)20-16(23)14(21-22)8-11-4-2-3-5-13(11)19/h2-7,9H,8H2,1H3/b15-9-. The largest absolute Gasteiger partial charge is 0.462 e. The van der Waals surface area contributed by atoms with E-state index < -0.39 is 5.56 Å². The molecular formula is C18H12ClN3O3S. The van der Waals surface area contributed by atoms with Gasteiger partial charge >= 0.3 is 0 Å². The van der Waals surface area contributed by atoms with Gasteiger partial charge in [-0.3, -0.25) is 9.59 Å². The Labute approximate surface area is 156 Å². The summed E-state index contributed by atoms with van der Waals surface area (Å²) in [6, 6.07) is 10.8. The van der Waals surface area contributed by atoms with E-state index in [9.17, 15) is 9.59 Å². The van der Waals surface area contributed by atoms with E-state index in [0.717, 1.165) is 27.2 Å². The summed E-state index contributed by atoms with van der Waals surface area (Å²) >= 11 is 7.24. The molecule has 0 spiro atoms. The second-order valence-electron chi connectivity index (χ2n) is 5.69. The highest BCUT2D eigenvalue weighted by Crippen LogP contribution is 2.16. The van der Waals surface area contributed by atoms with Crippen LogP contribution in [0.4, 0.5) is 0 Å². The molecule has 0 aliphatic heterocycles. The van der Waals surface area contributed by atoms with Crippen LogP contribution in [0.25, 0.3) is 11.0 Å². The third kappa shape index (κ3) is 3.07. The van der Waals surface area contributed by atoms with Gasteiger partial charge in [-0.15, -0.1) is 0 Å². The monoisotopic (exact) mass is 385 g/mol. The molecule has 3 aromatic heterocycles. The number of fused-ring (bicyclic) bond motifs is 1. The summed E-state index contributed by atoms with van der Waals surface area (Å²) in [5.74, 6) is 1.31. The SMILES string of the molecule is Cc1ccc(/C=c2\sc3nc(=O)c(Cc4ccccc4Cl)nn3c2=O)o1. The average molecular weight is 386 g/mol. The lowest BCUT2D eigenvalue weighted by molar-refractivity contribution is 0.525. The van der Waals surface area contributed by atoms with Gasteiger partial charge in [-0.2, -0.15) is 14.6 Å². The Bertz CT molecular complexity index is 1290. The smallest absolute Gasteiger partial charge is 0.296 e. The zero-order valence-corrected chi connectivity index (χ0v) is 15.2. The van der Waals surface area contributed by atoms with Crippen LogP contribution in [0, 0.1) is 6.92 Å². The van der Waals surface area contributed by atoms with Crippen molar-refractivity contribution in [2.45, 2.75) is 13.3 Å². The van der Waals surface area contributed by atoms with Crippen molar-refractivity contribution in [3.63, 3.8) is 0 Å². The summed E-state index contributed by atoms with van der Waals surface area (Å²) in [4.78, 5) is 29.1. The Morgan fingerprint density at radius 1 is 1.23 bits per heavy atom. The zero-order valence-electron chi connectivity index (χ0n) is 13.6. The van der Waals surface area contributed by atoms with E-state index >= 15 is 0 Å². The molecule has 26 heavy (non-hydrogen) atoms. The first kappa shape index (κ1) is 16.7. The third-order valence-electron chi connectivity index (χ3n) is 3.80. The van der Waals surface area contributed by atoms with Gasteiger partial charge < -0.3 is 4.42 Å². The number of benzene rings is 1. The second kappa shape index (κ2) is 6.51. The summed E-state index contributed by atoms with van der Waals surface area (Å²) in [6.45, 7) is 1.82. The molecule has 0 unspecified atom stereocenters. The number of thiazole rings is 1. The second-order valence-corrected chi connectivity index (χ2v) is 7.11. The number of rotatable bonds is 3. The van der Waals surface area contributed by atoms with Crippen LogP contribution in [0.15, 0.2) is 50.4 Å². The van der Waals surface area contributed by atoms with Crippen LogP contribution >= 0.6 is 22.9 Å². The topological polar surface area (TPSA) is 77.5 Å². The highest BCUT2D eigenvalue weighted by molar-refractivity contribution is 7.15. The predicted molar refractivity (Wildman–Crippen MR) is 99.9 cm³/mol. The fourth-order valence-electron chi connectivity index (χ4n) is 2.53. The zero-order chi connectivity index (χ0) is 18.3. The van der Waals surface area contributed by atoms with E-state index in [0.29, 0.717) is 15.3 Å². The van der Waals surface area contributed by atoms with Crippen LogP contribution in [-0.4, -0.2) is 14.6 Å². The number of aromatic nitrogens is 3. The molecule has 3 heterocycles. The normalized spacial score (nSPS) is 12.2. The highest BCUT2D eigenvalue weighted by atomic mass is 35.5. The van der Waals surface area contributed by atoms with Gasteiger partial charge in [0.2, 0.25) is 4.96 Å². The molecule has 0 fully saturated rings. The average Bonchev–Trinajstić information content (AvgIpc) is 3.14. The van der Waals surface area contributed by atoms with Crippen LogP contribution in [0.3, 0.4) is 0 Å². The molecule has 0 atom stereocenters. The molecule has 0 saturated heterocycles. The van der Waals surface area contributed by atoms with Gasteiger partial charge in [0.1, 0.15) is 21.7 Å². The minimum atomic E-state index is -0.466. The molecule has 6 nitrogen and oxygen atoms in total. The van der Waals surface area contributed by atoms with Crippen molar-refractivity contribution >= 4 is 34.0 Å². The molecule has 4 rings (SSSR count). The molecule has 0 N–H and O–H groups in total. The number of hydrogen-bond donors (Lipinski definition) is 0. The van der Waals surface area contributed by atoms with Gasteiger partial charge in [0.05, 0.1) is 0 Å². The van der Waals surface area contributed by atoms with Gasteiger partial charge in [-0.1, -0.05) is 41.1 Å². The minimum absolute atomic E-state index is 0.172. The lowest BCUT2D eigenvalue weighted by Crippen LogP contribution is -2.28. The molecule has 0 radical (unpaired) electrons. The Hall–Kier alpha value is -2.77. The van der Waals surface area contributed by atoms with Crippen molar-refractivity contribution < 1.29 is 4.42 Å². The first-order valence-corrected chi connectivity index (χ1v) is 8.95. The highest BCUT2D eigenvalue weighted by Gasteiger charge is 2.13. The number of aryl methyl sites for hydroxylation is 1. The Kier molecular flexibility index (Phi) is 4.18. The molecule has 0 aliphatic rings. The Morgan fingerprint density at radius 2 is 2.04 bits per heavy atom. The van der Waals surface area contributed by atoms with Crippen LogP contribution in [0.5, 0.6) is 0 Å². The summed E-state index contributed by atoms with van der Waals surface area (Å²) in [5, 5.41) is 4.74. The van der Waals surface area contributed by atoms with Gasteiger partial charge in [-0.25, -0.2) is 0 Å². The maximum Gasteiger partial charge on any atom is 0.296 e. The van der Waals surface area contributed by atoms with E-state index in [4.69, 9.17) is 16.0 Å². The molecule has 0 amide bonds. The fraction of sp³-hybridized carbons (Fsp3) is 0.111. The van der Waals surface area contributed by atoms with Crippen LogP contribution in [0.2, 0.25) is 5.02 Å². The first-order valence-electron chi connectivity index (χ1n) is 7.75. The van der Waals surface area contributed by atoms with Crippen molar-refractivity contribution in [1.29, 1.82) is 0 Å².